The zero-order valence-electron chi connectivity index (χ0n) is 16.6. The summed E-state index contributed by atoms with van der Waals surface area (Å²) in [4.78, 5) is 24.3. The van der Waals surface area contributed by atoms with Gasteiger partial charge in [0.05, 0.1) is 0 Å². The van der Waals surface area contributed by atoms with Crippen LogP contribution >= 0.6 is 0 Å². The maximum Gasteiger partial charge on any atom is 0.269 e. The highest BCUT2D eigenvalue weighted by Crippen LogP contribution is 2.27. The van der Waals surface area contributed by atoms with Crippen LogP contribution in [-0.2, 0) is 10.2 Å². The van der Waals surface area contributed by atoms with Crippen LogP contribution in [0.4, 0.5) is 0 Å². The van der Waals surface area contributed by atoms with Gasteiger partial charge in [-0.25, -0.2) is 0 Å². The van der Waals surface area contributed by atoms with E-state index >= 15 is 0 Å². The molecule has 27 heavy (non-hydrogen) atoms. The summed E-state index contributed by atoms with van der Waals surface area (Å²) in [7, 11) is 0. The first-order valence-electron chi connectivity index (χ1n) is 9.83. The molecule has 0 heterocycles. The summed E-state index contributed by atoms with van der Waals surface area (Å²) in [5.74, 6) is -0.651. The van der Waals surface area contributed by atoms with E-state index in [2.05, 4.69) is 31.6 Å². The number of amides is 2. The summed E-state index contributed by atoms with van der Waals surface area (Å²) >= 11 is 0. The second-order valence-corrected chi connectivity index (χ2v) is 8.62. The van der Waals surface area contributed by atoms with Crippen LogP contribution < -0.4 is 16.6 Å². The SMILES string of the molecule is CC(C)(C)c1ccc(C(=O)NNC(=O)C(O)[C@H](N)CC2CCCCC2)cc1. The van der Waals surface area contributed by atoms with Gasteiger partial charge in [0.1, 0.15) is 6.10 Å². The molecule has 0 spiro atoms. The number of hydrogen-bond donors (Lipinski definition) is 4. The van der Waals surface area contributed by atoms with Crippen molar-refractivity contribution in [3.8, 4) is 0 Å². The highest BCUT2D eigenvalue weighted by Gasteiger charge is 2.27. The van der Waals surface area contributed by atoms with Crippen molar-refractivity contribution in [2.24, 2.45) is 11.7 Å². The quantitative estimate of drug-likeness (QED) is 0.593. The number of benzene rings is 1. The summed E-state index contributed by atoms with van der Waals surface area (Å²) in [5, 5.41) is 10.1. The maximum atomic E-state index is 12.2. The minimum atomic E-state index is -1.34. The molecule has 2 amide bonds. The summed E-state index contributed by atoms with van der Waals surface area (Å²) < 4.78 is 0. The molecule has 1 fully saturated rings. The van der Waals surface area contributed by atoms with Crippen LogP contribution in [-0.4, -0.2) is 29.1 Å². The number of nitrogens with one attached hydrogen (secondary N) is 2. The molecule has 2 atom stereocenters. The van der Waals surface area contributed by atoms with Crippen LogP contribution in [0.25, 0.3) is 0 Å². The molecule has 5 N–H and O–H groups in total. The van der Waals surface area contributed by atoms with Gasteiger partial charge in [-0.15, -0.1) is 0 Å². The van der Waals surface area contributed by atoms with E-state index in [1.807, 2.05) is 12.1 Å². The molecule has 0 bridgehead atoms. The Morgan fingerprint density at radius 2 is 1.70 bits per heavy atom. The van der Waals surface area contributed by atoms with Gasteiger partial charge in [-0.2, -0.15) is 0 Å². The minimum Gasteiger partial charge on any atom is -0.382 e. The van der Waals surface area contributed by atoms with Crippen molar-refractivity contribution in [3.63, 3.8) is 0 Å². The highest BCUT2D eigenvalue weighted by atomic mass is 16.3. The summed E-state index contributed by atoms with van der Waals surface area (Å²) in [5.41, 5.74) is 12.2. The predicted octanol–water partition coefficient (Wildman–Crippen LogP) is 2.40. The molecule has 1 saturated carbocycles. The smallest absolute Gasteiger partial charge is 0.269 e. The Morgan fingerprint density at radius 1 is 1.11 bits per heavy atom. The van der Waals surface area contributed by atoms with Gasteiger partial charge in [-0.05, 0) is 35.4 Å². The molecule has 1 aromatic carbocycles. The monoisotopic (exact) mass is 375 g/mol. The van der Waals surface area contributed by atoms with E-state index in [0.29, 0.717) is 17.9 Å². The normalized spacial score (nSPS) is 17.8. The fourth-order valence-electron chi connectivity index (χ4n) is 3.52. The molecule has 1 aliphatic rings. The van der Waals surface area contributed by atoms with Gasteiger partial charge in [-0.1, -0.05) is 65.0 Å². The average Bonchev–Trinajstić information content (AvgIpc) is 2.65. The molecule has 0 aliphatic heterocycles. The lowest BCUT2D eigenvalue weighted by molar-refractivity contribution is -0.131. The fraction of sp³-hybridized carbons (Fsp3) is 0.619. The third kappa shape index (κ3) is 6.33. The number of nitrogens with two attached hydrogens (primary N) is 1. The first-order chi connectivity index (χ1) is 12.7. The number of hydrogen-bond acceptors (Lipinski definition) is 4. The van der Waals surface area contributed by atoms with Gasteiger partial charge in [-0.3, -0.25) is 20.4 Å². The molecule has 0 aromatic heterocycles. The molecule has 6 nitrogen and oxygen atoms in total. The number of carbonyl (C=O) groups excluding carboxylic acids is 2. The molecule has 1 aliphatic carbocycles. The van der Waals surface area contributed by atoms with Crippen LogP contribution in [0.5, 0.6) is 0 Å². The summed E-state index contributed by atoms with van der Waals surface area (Å²) in [6.45, 7) is 6.29. The molecule has 0 saturated heterocycles. The molecule has 2 rings (SSSR count). The second kappa shape index (κ2) is 9.33. The van der Waals surface area contributed by atoms with E-state index in [9.17, 15) is 14.7 Å². The minimum absolute atomic E-state index is 0.00179. The van der Waals surface area contributed by atoms with Crippen LogP contribution in [0.2, 0.25) is 0 Å². The van der Waals surface area contributed by atoms with Crippen molar-refractivity contribution < 1.29 is 14.7 Å². The first-order valence-corrected chi connectivity index (χ1v) is 9.83. The van der Waals surface area contributed by atoms with Gasteiger partial charge in [0.25, 0.3) is 11.8 Å². The zero-order chi connectivity index (χ0) is 20.0. The van der Waals surface area contributed by atoms with Crippen molar-refractivity contribution in [2.75, 3.05) is 0 Å². The van der Waals surface area contributed by atoms with E-state index in [1.165, 1.54) is 19.3 Å². The summed E-state index contributed by atoms with van der Waals surface area (Å²) in [6, 6.07) is 6.59. The Bertz CT molecular complexity index is 631. The van der Waals surface area contributed by atoms with E-state index in [1.54, 1.807) is 12.1 Å². The molecule has 150 valence electrons. The fourth-order valence-corrected chi connectivity index (χ4v) is 3.52. The molecule has 6 heteroatoms. The second-order valence-electron chi connectivity index (χ2n) is 8.62. The van der Waals surface area contributed by atoms with Crippen molar-refractivity contribution in [1.82, 2.24) is 10.9 Å². The number of aliphatic hydroxyl groups excluding tert-OH is 1. The third-order valence-electron chi connectivity index (χ3n) is 5.32. The van der Waals surface area contributed by atoms with Crippen LogP contribution in [0.1, 0.15) is 75.2 Å². The van der Waals surface area contributed by atoms with Crippen molar-refractivity contribution >= 4 is 11.8 Å². The van der Waals surface area contributed by atoms with Crippen molar-refractivity contribution in [3.05, 3.63) is 35.4 Å². The zero-order valence-corrected chi connectivity index (χ0v) is 16.6. The van der Waals surface area contributed by atoms with E-state index in [0.717, 1.165) is 18.4 Å². The molecular formula is C21H33N3O3. The van der Waals surface area contributed by atoms with Gasteiger partial charge >= 0.3 is 0 Å². The van der Waals surface area contributed by atoms with Crippen LogP contribution in [0.15, 0.2) is 24.3 Å². The van der Waals surface area contributed by atoms with Gasteiger partial charge in [0.2, 0.25) is 0 Å². The molecule has 1 aromatic rings. The van der Waals surface area contributed by atoms with E-state index < -0.39 is 24.0 Å². The van der Waals surface area contributed by atoms with Crippen molar-refractivity contribution in [2.45, 2.75) is 76.9 Å². The molecule has 1 unspecified atom stereocenters. The highest BCUT2D eigenvalue weighted by molar-refractivity contribution is 5.95. The number of hydrazine groups is 1. The first kappa shape index (κ1) is 21.4. The Morgan fingerprint density at radius 3 is 2.26 bits per heavy atom. The third-order valence-corrected chi connectivity index (χ3v) is 5.32. The Kier molecular flexibility index (Phi) is 7.39. The summed E-state index contributed by atoms with van der Waals surface area (Å²) in [6.07, 6.45) is 5.10. The Labute approximate surface area is 161 Å². The van der Waals surface area contributed by atoms with Gasteiger partial charge in [0, 0.05) is 11.6 Å². The average molecular weight is 376 g/mol. The largest absolute Gasteiger partial charge is 0.382 e. The van der Waals surface area contributed by atoms with Crippen LogP contribution in [0.3, 0.4) is 0 Å². The number of rotatable bonds is 5. The lowest BCUT2D eigenvalue weighted by atomic mass is 9.84. The number of carbonyl (C=O) groups is 2. The topological polar surface area (TPSA) is 104 Å². The van der Waals surface area contributed by atoms with Crippen molar-refractivity contribution in [1.29, 1.82) is 0 Å². The Hall–Kier alpha value is -1.92. The Balaban J connectivity index is 1.81. The molecule has 0 radical (unpaired) electrons. The van der Waals surface area contributed by atoms with Crippen LogP contribution in [0, 0.1) is 5.92 Å². The van der Waals surface area contributed by atoms with Gasteiger partial charge in [0.15, 0.2) is 0 Å². The standard InChI is InChI=1S/C21H33N3O3/c1-21(2,3)16-11-9-15(10-12-16)19(26)23-24-20(27)18(25)17(22)13-14-7-5-4-6-8-14/h9-12,14,17-18,25H,4-8,13,22H2,1-3H3,(H,23,26)(H,24,27)/t17-,18?/m1/s1. The van der Waals surface area contributed by atoms with E-state index in [-0.39, 0.29) is 5.41 Å². The van der Waals surface area contributed by atoms with E-state index in [4.69, 9.17) is 5.73 Å². The number of aliphatic hydroxyl groups is 1. The predicted molar refractivity (Wildman–Crippen MR) is 106 cm³/mol. The lowest BCUT2D eigenvalue weighted by Gasteiger charge is -2.26. The lowest BCUT2D eigenvalue weighted by Crippen LogP contribution is -2.52. The molecular weight excluding hydrogens is 342 g/mol. The van der Waals surface area contributed by atoms with Gasteiger partial charge < -0.3 is 10.8 Å². The maximum absolute atomic E-state index is 12.2.